The molecule has 0 atom stereocenters. The lowest BCUT2D eigenvalue weighted by Crippen LogP contribution is -2.19. The van der Waals surface area contributed by atoms with Crippen molar-refractivity contribution in [2.45, 2.75) is 33.7 Å². The molecule has 1 aliphatic rings. The molecule has 0 amide bonds. The standard InChI is InChI=1S/C18H22N2/c1-12-6-13(2)8-15(7-12)11-20-5-4-16-9-14(3)17(19)10-18(16)20/h6-10H,4-5,11,19H2,1-3H3. The van der Waals surface area contributed by atoms with Gasteiger partial charge in [-0.3, -0.25) is 0 Å². The monoisotopic (exact) mass is 266 g/mol. The van der Waals surface area contributed by atoms with E-state index in [1.54, 1.807) is 0 Å². The van der Waals surface area contributed by atoms with Crippen molar-refractivity contribution in [3.63, 3.8) is 0 Å². The zero-order chi connectivity index (χ0) is 14.3. The van der Waals surface area contributed by atoms with E-state index in [1.807, 2.05) is 0 Å². The van der Waals surface area contributed by atoms with Crippen LogP contribution < -0.4 is 10.6 Å². The quantitative estimate of drug-likeness (QED) is 0.839. The van der Waals surface area contributed by atoms with Gasteiger partial charge in [-0.25, -0.2) is 0 Å². The Morgan fingerprint density at radius 3 is 2.40 bits per heavy atom. The number of hydrogen-bond donors (Lipinski definition) is 1. The Bertz CT molecular complexity index is 638. The highest BCUT2D eigenvalue weighted by molar-refractivity contribution is 5.67. The first-order chi connectivity index (χ1) is 9.52. The zero-order valence-electron chi connectivity index (χ0n) is 12.5. The Morgan fingerprint density at radius 2 is 1.70 bits per heavy atom. The average Bonchev–Trinajstić information content (AvgIpc) is 2.71. The minimum atomic E-state index is 0.899. The predicted octanol–water partition coefficient (Wildman–Crippen LogP) is 3.76. The third-order valence-electron chi connectivity index (χ3n) is 4.11. The van der Waals surface area contributed by atoms with Crippen LogP contribution in [0.15, 0.2) is 30.3 Å². The second-order valence-corrected chi connectivity index (χ2v) is 6.01. The highest BCUT2D eigenvalue weighted by atomic mass is 15.1. The molecule has 3 rings (SSSR count). The van der Waals surface area contributed by atoms with Crippen LogP contribution in [0.25, 0.3) is 0 Å². The number of hydrogen-bond acceptors (Lipinski definition) is 2. The molecule has 104 valence electrons. The maximum absolute atomic E-state index is 6.07. The van der Waals surface area contributed by atoms with E-state index in [2.05, 4.69) is 56.0 Å². The number of fused-ring (bicyclic) bond motifs is 1. The summed E-state index contributed by atoms with van der Waals surface area (Å²) in [6, 6.07) is 11.2. The van der Waals surface area contributed by atoms with E-state index in [0.29, 0.717) is 0 Å². The van der Waals surface area contributed by atoms with Crippen molar-refractivity contribution in [3.8, 4) is 0 Å². The molecule has 1 aliphatic heterocycles. The van der Waals surface area contributed by atoms with Gasteiger partial charge in [0.2, 0.25) is 0 Å². The Labute approximate surface area is 121 Å². The number of nitrogen functional groups attached to an aromatic ring is 1. The minimum absolute atomic E-state index is 0.899. The van der Waals surface area contributed by atoms with Gasteiger partial charge >= 0.3 is 0 Å². The van der Waals surface area contributed by atoms with E-state index in [4.69, 9.17) is 5.73 Å². The van der Waals surface area contributed by atoms with Crippen molar-refractivity contribution in [2.24, 2.45) is 0 Å². The van der Waals surface area contributed by atoms with Crippen molar-refractivity contribution in [3.05, 3.63) is 58.1 Å². The van der Waals surface area contributed by atoms with Gasteiger partial charge < -0.3 is 10.6 Å². The second-order valence-electron chi connectivity index (χ2n) is 6.01. The number of benzene rings is 2. The molecule has 20 heavy (non-hydrogen) atoms. The SMILES string of the molecule is Cc1cc(C)cc(CN2CCc3cc(C)c(N)cc32)c1. The molecule has 0 aromatic heterocycles. The Morgan fingerprint density at radius 1 is 1.00 bits per heavy atom. The lowest BCUT2D eigenvalue weighted by atomic mass is 10.1. The van der Waals surface area contributed by atoms with E-state index in [9.17, 15) is 0 Å². The second kappa shape index (κ2) is 4.86. The molecule has 2 aromatic rings. The molecule has 2 nitrogen and oxygen atoms in total. The molecule has 0 saturated heterocycles. The maximum Gasteiger partial charge on any atom is 0.0429 e. The van der Waals surface area contributed by atoms with Crippen LogP contribution in [0.5, 0.6) is 0 Å². The summed E-state index contributed by atoms with van der Waals surface area (Å²) in [6.45, 7) is 8.47. The molecular formula is C18H22N2. The predicted molar refractivity (Wildman–Crippen MR) is 86.3 cm³/mol. The van der Waals surface area contributed by atoms with Gasteiger partial charge in [-0.05, 0) is 49.9 Å². The van der Waals surface area contributed by atoms with E-state index >= 15 is 0 Å². The van der Waals surface area contributed by atoms with Crippen LogP contribution in [0, 0.1) is 20.8 Å². The van der Waals surface area contributed by atoms with E-state index in [-0.39, 0.29) is 0 Å². The molecule has 0 spiro atoms. The zero-order valence-corrected chi connectivity index (χ0v) is 12.5. The topological polar surface area (TPSA) is 29.3 Å². The molecule has 2 aromatic carbocycles. The highest BCUT2D eigenvalue weighted by Crippen LogP contribution is 2.33. The van der Waals surface area contributed by atoms with Gasteiger partial charge in [-0.1, -0.05) is 35.4 Å². The van der Waals surface area contributed by atoms with Crippen molar-refractivity contribution >= 4 is 11.4 Å². The summed E-state index contributed by atoms with van der Waals surface area (Å²) in [5.41, 5.74) is 15.0. The third kappa shape index (κ3) is 2.38. The molecule has 0 fully saturated rings. The van der Waals surface area contributed by atoms with Crippen LogP contribution >= 0.6 is 0 Å². The fraction of sp³-hybridized carbons (Fsp3) is 0.333. The summed E-state index contributed by atoms with van der Waals surface area (Å²) >= 11 is 0. The lowest BCUT2D eigenvalue weighted by molar-refractivity contribution is 0.834. The van der Waals surface area contributed by atoms with Crippen LogP contribution in [0.2, 0.25) is 0 Å². The number of nitrogens with zero attached hydrogens (tertiary/aromatic N) is 1. The first kappa shape index (κ1) is 13.0. The van der Waals surface area contributed by atoms with E-state index in [1.165, 1.54) is 33.5 Å². The van der Waals surface area contributed by atoms with Crippen LogP contribution in [0.1, 0.15) is 27.8 Å². The van der Waals surface area contributed by atoms with Gasteiger partial charge in [-0.2, -0.15) is 0 Å². The summed E-state index contributed by atoms with van der Waals surface area (Å²) in [5, 5.41) is 0. The molecule has 0 unspecified atom stereocenters. The molecule has 0 aliphatic carbocycles. The summed E-state index contributed by atoms with van der Waals surface area (Å²) < 4.78 is 0. The summed E-state index contributed by atoms with van der Waals surface area (Å²) in [5.74, 6) is 0. The van der Waals surface area contributed by atoms with Crippen molar-refractivity contribution < 1.29 is 0 Å². The fourth-order valence-corrected chi connectivity index (χ4v) is 3.19. The van der Waals surface area contributed by atoms with Crippen LogP contribution in [-0.4, -0.2) is 6.54 Å². The summed E-state index contributed by atoms with van der Waals surface area (Å²) in [7, 11) is 0. The maximum atomic E-state index is 6.07. The van der Waals surface area contributed by atoms with Crippen molar-refractivity contribution in [2.75, 3.05) is 17.2 Å². The smallest absolute Gasteiger partial charge is 0.0429 e. The molecule has 0 radical (unpaired) electrons. The molecular weight excluding hydrogens is 244 g/mol. The number of nitrogens with two attached hydrogens (primary N) is 1. The Kier molecular flexibility index (Phi) is 3.17. The molecule has 2 heteroatoms. The number of rotatable bonds is 2. The lowest BCUT2D eigenvalue weighted by Gasteiger charge is -2.21. The van der Waals surface area contributed by atoms with E-state index in [0.717, 1.165) is 25.2 Å². The molecule has 2 N–H and O–H groups in total. The largest absolute Gasteiger partial charge is 0.398 e. The molecule has 0 saturated carbocycles. The Hall–Kier alpha value is -1.96. The van der Waals surface area contributed by atoms with Crippen molar-refractivity contribution in [1.29, 1.82) is 0 Å². The van der Waals surface area contributed by atoms with Gasteiger partial charge in [-0.15, -0.1) is 0 Å². The number of aryl methyl sites for hydroxylation is 3. The van der Waals surface area contributed by atoms with E-state index < -0.39 is 0 Å². The normalized spacial score (nSPS) is 13.7. The highest BCUT2D eigenvalue weighted by Gasteiger charge is 2.20. The summed E-state index contributed by atoms with van der Waals surface area (Å²) in [6.07, 6.45) is 1.13. The van der Waals surface area contributed by atoms with Gasteiger partial charge in [0.15, 0.2) is 0 Å². The van der Waals surface area contributed by atoms with Gasteiger partial charge in [0.25, 0.3) is 0 Å². The molecule has 1 heterocycles. The minimum Gasteiger partial charge on any atom is -0.398 e. The first-order valence-electron chi connectivity index (χ1n) is 7.24. The fourth-order valence-electron chi connectivity index (χ4n) is 3.19. The molecule has 0 bridgehead atoms. The van der Waals surface area contributed by atoms with Crippen molar-refractivity contribution in [1.82, 2.24) is 0 Å². The number of anilines is 2. The van der Waals surface area contributed by atoms with Crippen LogP contribution in [0.4, 0.5) is 11.4 Å². The third-order valence-corrected chi connectivity index (χ3v) is 4.11. The van der Waals surface area contributed by atoms with Crippen LogP contribution in [0.3, 0.4) is 0 Å². The van der Waals surface area contributed by atoms with Gasteiger partial charge in [0.1, 0.15) is 0 Å². The van der Waals surface area contributed by atoms with Gasteiger partial charge in [0, 0.05) is 24.5 Å². The Balaban J connectivity index is 1.90. The van der Waals surface area contributed by atoms with Gasteiger partial charge in [0.05, 0.1) is 0 Å². The average molecular weight is 266 g/mol. The summed E-state index contributed by atoms with van der Waals surface area (Å²) in [4.78, 5) is 2.44. The van der Waals surface area contributed by atoms with Crippen LogP contribution in [-0.2, 0) is 13.0 Å². The first-order valence-corrected chi connectivity index (χ1v) is 7.24.